The molecule has 1 unspecified atom stereocenters. The average Bonchev–Trinajstić information content (AvgIpc) is 2.24. The Morgan fingerprint density at radius 2 is 1.67 bits per heavy atom. The first-order chi connectivity index (χ1) is 8.47. The van der Waals surface area contributed by atoms with Gasteiger partial charge in [0.05, 0.1) is 10.9 Å². The summed E-state index contributed by atoms with van der Waals surface area (Å²) in [6.07, 6.45) is 7.69. The fourth-order valence-corrected chi connectivity index (χ4v) is 4.87. The maximum atomic E-state index is 12.2. The van der Waals surface area contributed by atoms with Gasteiger partial charge in [0.15, 0.2) is 0 Å². The van der Waals surface area contributed by atoms with Crippen molar-refractivity contribution in [1.82, 2.24) is 5.32 Å². The monoisotopic (exact) mass is 266 g/mol. The zero-order chi connectivity index (χ0) is 12.9. The highest BCUT2D eigenvalue weighted by Crippen LogP contribution is 2.55. The Kier molecular flexibility index (Phi) is 2.88. The van der Waals surface area contributed by atoms with Gasteiger partial charge >= 0.3 is 0 Å². The van der Waals surface area contributed by atoms with Crippen molar-refractivity contribution in [2.75, 3.05) is 0 Å². The zero-order valence-corrected chi connectivity index (χ0v) is 11.8. The summed E-state index contributed by atoms with van der Waals surface area (Å²) in [6, 6.07) is 0. The van der Waals surface area contributed by atoms with Gasteiger partial charge in [-0.2, -0.15) is 0 Å². The molecule has 0 heterocycles. The maximum absolute atomic E-state index is 12.2. The van der Waals surface area contributed by atoms with Crippen LogP contribution in [0, 0.1) is 23.7 Å². The third-order valence-electron chi connectivity index (χ3n) is 5.25. The lowest BCUT2D eigenvalue weighted by Gasteiger charge is -2.57. The molecule has 4 aliphatic carbocycles. The van der Waals surface area contributed by atoms with Crippen LogP contribution in [0.2, 0.25) is 0 Å². The molecule has 0 aromatic rings. The second-order valence-electron chi connectivity index (χ2n) is 6.81. The standard InChI is InChI=1S/C14H22N2OS/c1-8(12(15)18)13(17)16-14-5-9-2-10(6-14)4-11(3-9)7-14/h8-11H,2-7H2,1H3,(H2,15,18)(H,16,17). The Balaban J connectivity index is 1.72. The number of thiocarbonyl (C=S) groups is 1. The van der Waals surface area contributed by atoms with Crippen molar-refractivity contribution in [3.8, 4) is 0 Å². The van der Waals surface area contributed by atoms with Crippen LogP contribution in [0.4, 0.5) is 0 Å². The van der Waals surface area contributed by atoms with Gasteiger partial charge in [-0.25, -0.2) is 0 Å². The van der Waals surface area contributed by atoms with Crippen LogP contribution < -0.4 is 11.1 Å². The molecule has 4 saturated carbocycles. The van der Waals surface area contributed by atoms with Gasteiger partial charge in [0.25, 0.3) is 0 Å². The number of carbonyl (C=O) groups excluding carboxylic acids is 1. The van der Waals surface area contributed by atoms with Crippen LogP contribution in [-0.2, 0) is 4.79 Å². The molecule has 0 aromatic heterocycles. The second kappa shape index (κ2) is 4.19. The summed E-state index contributed by atoms with van der Waals surface area (Å²) in [7, 11) is 0. The van der Waals surface area contributed by atoms with E-state index in [0.29, 0.717) is 4.99 Å². The van der Waals surface area contributed by atoms with Gasteiger partial charge in [-0.1, -0.05) is 12.2 Å². The third-order valence-corrected chi connectivity index (χ3v) is 5.60. The second-order valence-corrected chi connectivity index (χ2v) is 7.28. The Hall–Kier alpha value is -0.640. The SMILES string of the molecule is CC(C(=O)NC12CC3CC(CC(C3)C1)C2)C(N)=S. The van der Waals surface area contributed by atoms with Crippen molar-refractivity contribution in [1.29, 1.82) is 0 Å². The maximum Gasteiger partial charge on any atom is 0.230 e. The van der Waals surface area contributed by atoms with Crippen LogP contribution in [-0.4, -0.2) is 16.4 Å². The largest absolute Gasteiger partial charge is 0.393 e. The van der Waals surface area contributed by atoms with Gasteiger partial charge in [0.2, 0.25) is 5.91 Å². The summed E-state index contributed by atoms with van der Waals surface area (Å²) in [6.45, 7) is 1.80. The molecule has 0 saturated heterocycles. The Morgan fingerprint density at radius 3 is 2.06 bits per heavy atom. The number of nitrogens with one attached hydrogen (secondary N) is 1. The quantitative estimate of drug-likeness (QED) is 0.768. The Bertz CT molecular complexity index is 358. The molecule has 0 aliphatic heterocycles. The molecule has 18 heavy (non-hydrogen) atoms. The molecule has 3 N–H and O–H groups in total. The summed E-state index contributed by atoms with van der Waals surface area (Å²) >= 11 is 4.92. The van der Waals surface area contributed by atoms with Crippen LogP contribution >= 0.6 is 12.2 Å². The fraction of sp³-hybridized carbons (Fsp3) is 0.857. The Morgan fingerprint density at radius 1 is 1.22 bits per heavy atom. The van der Waals surface area contributed by atoms with Gasteiger partial charge in [0.1, 0.15) is 0 Å². The molecule has 4 fully saturated rings. The molecule has 0 radical (unpaired) electrons. The van der Waals surface area contributed by atoms with Crippen LogP contribution in [0.1, 0.15) is 45.4 Å². The van der Waals surface area contributed by atoms with E-state index in [-0.39, 0.29) is 17.4 Å². The fourth-order valence-electron chi connectivity index (χ4n) is 4.76. The predicted octanol–water partition coefficient (Wildman–Crippen LogP) is 1.99. The number of hydrogen-bond acceptors (Lipinski definition) is 2. The third kappa shape index (κ3) is 2.04. The van der Waals surface area contributed by atoms with Crippen molar-refractivity contribution < 1.29 is 4.79 Å². The van der Waals surface area contributed by atoms with E-state index >= 15 is 0 Å². The van der Waals surface area contributed by atoms with Crippen LogP contribution in [0.3, 0.4) is 0 Å². The first kappa shape index (κ1) is 12.4. The average molecular weight is 266 g/mol. The minimum Gasteiger partial charge on any atom is -0.393 e. The topological polar surface area (TPSA) is 55.1 Å². The minimum absolute atomic E-state index is 0.0319. The lowest BCUT2D eigenvalue weighted by molar-refractivity contribution is -0.128. The van der Waals surface area contributed by atoms with Crippen LogP contribution in [0.15, 0.2) is 0 Å². The van der Waals surface area contributed by atoms with Crippen LogP contribution in [0.5, 0.6) is 0 Å². The van der Waals surface area contributed by atoms with Gasteiger partial charge in [-0.3, -0.25) is 4.79 Å². The van der Waals surface area contributed by atoms with Gasteiger partial charge in [-0.05, 0) is 63.2 Å². The van der Waals surface area contributed by atoms with E-state index in [1.54, 1.807) is 6.92 Å². The molecule has 4 rings (SSSR count). The summed E-state index contributed by atoms with van der Waals surface area (Å²) in [5.41, 5.74) is 5.65. The molecule has 0 aromatic carbocycles. The van der Waals surface area contributed by atoms with E-state index in [4.69, 9.17) is 18.0 Å². The lowest BCUT2D eigenvalue weighted by atomic mass is 9.53. The van der Waals surface area contributed by atoms with Crippen molar-refractivity contribution in [2.45, 2.75) is 51.0 Å². The number of nitrogens with two attached hydrogens (primary N) is 1. The van der Waals surface area contributed by atoms with E-state index in [9.17, 15) is 4.79 Å². The summed E-state index contributed by atoms with van der Waals surface area (Å²) in [5, 5.41) is 3.30. The zero-order valence-electron chi connectivity index (χ0n) is 10.9. The molecule has 1 amide bonds. The minimum atomic E-state index is -0.340. The molecule has 4 bridgehead atoms. The normalized spacial score (nSPS) is 42.6. The molecular weight excluding hydrogens is 244 g/mol. The molecule has 1 atom stereocenters. The molecule has 4 heteroatoms. The molecule has 100 valence electrons. The predicted molar refractivity (Wildman–Crippen MR) is 75.0 cm³/mol. The van der Waals surface area contributed by atoms with E-state index in [0.717, 1.165) is 17.8 Å². The summed E-state index contributed by atoms with van der Waals surface area (Å²) in [4.78, 5) is 12.5. The van der Waals surface area contributed by atoms with Crippen molar-refractivity contribution in [2.24, 2.45) is 29.4 Å². The van der Waals surface area contributed by atoms with Crippen molar-refractivity contribution in [3.05, 3.63) is 0 Å². The summed E-state index contributed by atoms with van der Waals surface area (Å²) in [5.74, 6) is 2.22. The molecule has 3 nitrogen and oxygen atoms in total. The van der Waals surface area contributed by atoms with Crippen molar-refractivity contribution >= 4 is 23.1 Å². The number of rotatable bonds is 3. The van der Waals surface area contributed by atoms with E-state index in [1.807, 2.05) is 0 Å². The van der Waals surface area contributed by atoms with E-state index in [2.05, 4.69) is 5.32 Å². The first-order valence-corrected chi connectivity index (χ1v) is 7.49. The number of carbonyl (C=O) groups is 1. The van der Waals surface area contributed by atoms with E-state index in [1.165, 1.54) is 38.5 Å². The highest BCUT2D eigenvalue weighted by molar-refractivity contribution is 7.80. The van der Waals surface area contributed by atoms with Gasteiger partial charge in [-0.15, -0.1) is 0 Å². The smallest absolute Gasteiger partial charge is 0.230 e. The highest BCUT2D eigenvalue weighted by Gasteiger charge is 2.51. The number of amides is 1. The van der Waals surface area contributed by atoms with Gasteiger partial charge < -0.3 is 11.1 Å². The van der Waals surface area contributed by atoms with Gasteiger partial charge in [0, 0.05) is 5.54 Å². The molecule has 4 aliphatic rings. The number of hydrogen-bond donors (Lipinski definition) is 2. The highest BCUT2D eigenvalue weighted by atomic mass is 32.1. The molecule has 0 spiro atoms. The van der Waals surface area contributed by atoms with Crippen LogP contribution in [0.25, 0.3) is 0 Å². The van der Waals surface area contributed by atoms with E-state index < -0.39 is 0 Å². The summed E-state index contributed by atoms with van der Waals surface area (Å²) < 4.78 is 0. The molecular formula is C14H22N2OS. The first-order valence-electron chi connectivity index (χ1n) is 7.09. The Labute approximate surface area is 114 Å². The lowest BCUT2D eigenvalue weighted by Crippen LogP contribution is -2.61. The van der Waals surface area contributed by atoms with Crippen molar-refractivity contribution in [3.63, 3.8) is 0 Å².